The highest BCUT2D eigenvalue weighted by Gasteiger charge is 2.10. The summed E-state index contributed by atoms with van der Waals surface area (Å²) in [7, 11) is 0. The second-order valence-electron chi connectivity index (χ2n) is 5.30. The molecule has 0 aliphatic heterocycles. The summed E-state index contributed by atoms with van der Waals surface area (Å²) in [4.78, 5) is 0. The first-order chi connectivity index (χ1) is 11.4. The Bertz CT molecular complexity index is 954. The Morgan fingerprint density at radius 1 is 0.739 bits per heavy atom. The molecule has 1 aromatic heterocycles. The lowest BCUT2D eigenvalue weighted by atomic mass is 10.1. The molecule has 3 aromatic carbocycles. The minimum Gasteiger partial charge on any atom is -0.212 e. The van der Waals surface area contributed by atoms with E-state index in [1.165, 1.54) is 0 Å². The predicted molar refractivity (Wildman–Crippen MR) is 93.7 cm³/mol. The summed E-state index contributed by atoms with van der Waals surface area (Å²) in [6.07, 6.45) is 2.14. The van der Waals surface area contributed by atoms with Crippen LogP contribution >= 0.6 is 0 Å². The van der Waals surface area contributed by atoms with Crippen molar-refractivity contribution in [3.63, 3.8) is 0 Å². The smallest absolute Gasteiger partial charge is 0.113 e. The molecule has 0 radical (unpaired) electrons. The molecule has 1 heterocycles. The van der Waals surface area contributed by atoms with E-state index in [-0.39, 0.29) is 0 Å². The molecule has 0 aliphatic carbocycles. The molecule has 0 atom stereocenters. The van der Waals surface area contributed by atoms with Crippen molar-refractivity contribution in [1.82, 2.24) is 15.0 Å². The van der Waals surface area contributed by atoms with Crippen molar-refractivity contribution in [1.29, 1.82) is 0 Å². The van der Waals surface area contributed by atoms with Gasteiger partial charge in [0.1, 0.15) is 5.52 Å². The molecule has 0 unspecified atom stereocenters. The molecule has 0 bridgehead atoms. The molecular formula is C20H15N3. The summed E-state index contributed by atoms with van der Waals surface area (Å²) < 4.78 is 1.90. The summed E-state index contributed by atoms with van der Waals surface area (Å²) in [5.41, 5.74) is 5.13. The van der Waals surface area contributed by atoms with Crippen molar-refractivity contribution >= 4 is 22.8 Å². The molecule has 3 heteroatoms. The van der Waals surface area contributed by atoms with Crippen molar-refractivity contribution in [2.24, 2.45) is 0 Å². The van der Waals surface area contributed by atoms with Gasteiger partial charge in [-0.1, -0.05) is 78.0 Å². The van der Waals surface area contributed by atoms with Gasteiger partial charge in [0.25, 0.3) is 0 Å². The Labute approximate surface area is 134 Å². The zero-order valence-corrected chi connectivity index (χ0v) is 12.5. The highest BCUT2D eigenvalue weighted by molar-refractivity contribution is 5.87. The van der Waals surface area contributed by atoms with Gasteiger partial charge >= 0.3 is 0 Å². The molecule has 110 valence electrons. The van der Waals surface area contributed by atoms with E-state index in [9.17, 15) is 0 Å². The number of aromatic nitrogens is 3. The maximum Gasteiger partial charge on any atom is 0.113 e. The Hall–Kier alpha value is -3.20. The molecule has 0 spiro atoms. The van der Waals surface area contributed by atoms with Gasteiger partial charge in [0.15, 0.2) is 0 Å². The van der Waals surface area contributed by atoms with Crippen LogP contribution in [-0.4, -0.2) is 15.0 Å². The van der Waals surface area contributed by atoms with Gasteiger partial charge in [-0.15, -0.1) is 5.10 Å². The van der Waals surface area contributed by atoms with Crippen molar-refractivity contribution in [2.75, 3.05) is 0 Å². The van der Waals surface area contributed by atoms with Gasteiger partial charge in [-0.2, -0.15) is 0 Å². The number of hydrogen-bond donors (Lipinski definition) is 0. The number of para-hydroxylation sites is 1. The fraction of sp³-hybridized carbons (Fsp3) is 0. The average molecular weight is 297 g/mol. The summed E-state index contributed by atoms with van der Waals surface area (Å²) >= 11 is 0. The average Bonchev–Trinajstić information content (AvgIpc) is 3.05. The van der Waals surface area contributed by atoms with E-state index >= 15 is 0 Å². The maximum absolute atomic E-state index is 4.37. The lowest BCUT2D eigenvalue weighted by Crippen LogP contribution is -2.01. The van der Waals surface area contributed by atoms with Crippen LogP contribution in [0.4, 0.5) is 0 Å². The number of fused-ring (bicyclic) bond motifs is 1. The normalized spacial score (nSPS) is 11.7. The molecule has 0 saturated heterocycles. The molecule has 0 N–H and O–H groups in total. The summed E-state index contributed by atoms with van der Waals surface area (Å²) in [5.74, 6) is 0. The van der Waals surface area contributed by atoms with Gasteiger partial charge in [0.2, 0.25) is 0 Å². The molecule has 3 nitrogen and oxygen atoms in total. The van der Waals surface area contributed by atoms with Crippen LogP contribution in [0.15, 0.2) is 84.9 Å². The van der Waals surface area contributed by atoms with Crippen LogP contribution in [0.5, 0.6) is 0 Å². The van der Waals surface area contributed by atoms with Crippen LogP contribution in [0.1, 0.15) is 11.1 Å². The molecule has 0 aliphatic rings. The van der Waals surface area contributed by atoms with Crippen LogP contribution in [0.3, 0.4) is 0 Å². The van der Waals surface area contributed by atoms with E-state index in [0.717, 1.165) is 27.9 Å². The van der Waals surface area contributed by atoms with Gasteiger partial charge < -0.3 is 0 Å². The van der Waals surface area contributed by atoms with Crippen molar-refractivity contribution in [3.05, 3.63) is 96.1 Å². The second kappa shape index (κ2) is 5.89. The minimum absolute atomic E-state index is 0.891. The molecule has 4 rings (SSSR count). The van der Waals surface area contributed by atoms with E-state index in [1.54, 1.807) is 0 Å². The Balaban J connectivity index is 1.94. The zero-order chi connectivity index (χ0) is 15.5. The molecule has 0 fully saturated rings. The van der Waals surface area contributed by atoms with Gasteiger partial charge in [-0.25, -0.2) is 4.68 Å². The minimum atomic E-state index is 0.891. The first kappa shape index (κ1) is 13.5. The summed E-state index contributed by atoms with van der Waals surface area (Å²) in [6, 6.07) is 28.5. The lowest BCUT2D eigenvalue weighted by molar-refractivity contribution is 0.843. The largest absolute Gasteiger partial charge is 0.212 e. The van der Waals surface area contributed by atoms with E-state index in [0.29, 0.717) is 0 Å². The predicted octanol–water partition coefficient (Wildman–Crippen LogP) is 4.48. The summed E-state index contributed by atoms with van der Waals surface area (Å²) in [5, 5.41) is 8.65. The fourth-order valence-electron chi connectivity index (χ4n) is 2.63. The topological polar surface area (TPSA) is 30.7 Å². The lowest BCUT2D eigenvalue weighted by Gasteiger charge is -2.09. The standard InChI is InChI=1S/C20H15N3/c1-3-9-16(10-4-1)15-20(17-11-5-2-6-12-17)23-19-14-8-7-13-18(19)21-22-23/h1-15H. The van der Waals surface area contributed by atoms with Crippen molar-refractivity contribution < 1.29 is 0 Å². The molecular weight excluding hydrogens is 282 g/mol. The van der Waals surface area contributed by atoms with Gasteiger partial charge in [-0.05, 0) is 23.8 Å². The van der Waals surface area contributed by atoms with E-state index in [2.05, 4.69) is 40.7 Å². The monoisotopic (exact) mass is 297 g/mol. The van der Waals surface area contributed by atoms with Crippen LogP contribution < -0.4 is 0 Å². The number of nitrogens with zero attached hydrogens (tertiary/aromatic N) is 3. The number of benzene rings is 3. The van der Waals surface area contributed by atoms with E-state index in [1.807, 2.05) is 65.3 Å². The molecule has 0 amide bonds. The van der Waals surface area contributed by atoms with E-state index in [4.69, 9.17) is 0 Å². The highest BCUT2D eigenvalue weighted by Crippen LogP contribution is 2.23. The fourth-order valence-corrected chi connectivity index (χ4v) is 2.63. The van der Waals surface area contributed by atoms with Crippen molar-refractivity contribution in [3.8, 4) is 0 Å². The highest BCUT2D eigenvalue weighted by atomic mass is 15.4. The third-order valence-corrected chi connectivity index (χ3v) is 3.75. The van der Waals surface area contributed by atoms with Crippen LogP contribution in [0.25, 0.3) is 22.8 Å². The second-order valence-corrected chi connectivity index (χ2v) is 5.30. The summed E-state index contributed by atoms with van der Waals surface area (Å²) in [6.45, 7) is 0. The third-order valence-electron chi connectivity index (χ3n) is 3.75. The third kappa shape index (κ3) is 2.64. The Kier molecular flexibility index (Phi) is 3.45. The van der Waals surface area contributed by atoms with Crippen molar-refractivity contribution in [2.45, 2.75) is 0 Å². The number of hydrogen-bond acceptors (Lipinski definition) is 2. The van der Waals surface area contributed by atoms with Gasteiger partial charge in [0, 0.05) is 5.56 Å². The maximum atomic E-state index is 4.37. The quantitative estimate of drug-likeness (QED) is 0.522. The SMILES string of the molecule is C(=C(c1ccccc1)n1nnc2ccccc21)c1ccccc1. The first-order valence-electron chi connectivity index (χ1n) is 7.55. The van der Waals surface area contributed by atoms with Crippen LogP contribution in [-0.2, 0) is 0 Å². The molecule has 4 aromatic rings. The van der Waals surface area contributed by atoms with Crippen LogP contribution in [0, 0.1) is 0 Å². The van der Waals surface area contributed by atoms with Crippen LogP contribution in [0.2, 0.25) is 0 Å². The Morgan fingerprint density at radius 2 is 1.39 bits per heavy atom. The Morgan fingerprint density at radius 3 is 2.17 bits per heavy atom. The zero-order valence-electron chi connectivity index (χ0n) is 12.5. The number of rotatable bonds is 3. The van der Waals surface area contributed by atoms with E-state index < -0.39 is 0 Å². The first-order valence-corrected chi connectivity index (χ1v) is 7.55. The molecule has 0 saturated carbocycles. The van der Waals surface area contributed by atoms with Gasteiger partial charge in [-0.3, -0.25) is 0 Å². The molecule has 23 heavy (non-hydrogen) atoms. The van der Waals surface area contributed by atoms with Gasteiger partial charge in [0.05, 0.1) is 11.2 Å².